The van der Waals surface area contributed by atoms with Crippen LogP contribution in [0.25, 0.3) is 0 Å². The minimum absolute atomic E-state index is 0.168. The summed E-state index contributed by atoms with van der Waals surface area (Å²) in [6.45, 7) is 5.18. The highest BCUT2D eigenvalue weighted by Crippen LogP contribution is 2.25. The largest absolute Gasteiger partial charge is 0.341 e. The maximum Gasteiger partial charge on any atom is 0.244 e. The highest BCUT2D eigenvalue weighted by Gasteiger charge is 2.33. The number of benzene rings is 1. The van der Waals surface area contributed by atoms with E-state index in [2.05, 4.69) is 10.2 Å². The molecule has 0 radical (unpaired) electrons. The topological polar surface area (TPSA) is 35.6 Å². The summed E-state index contributed by atoms with van der Waals surface area (Å²) in [7, 11) is 0. The summed E-state index contributed by atoms with van der Waals surface area (Å²) in [5.41, 5.74) is 0.898. The van der Waals surface area contributed by atoms with Gasteiger partial charge in [-0.25, -0.2) is 4.39 Å². The molecule has 114 valence electrons. The summed E-state index contributed by atoms with van der Waals surface area (Å²) in [5, 5.41) is 3.31. The number of carbonyl (C=O) groups is 1. The average molecular weight is 291 g/mol. The van der Waals surface area contributed by atoms with Crippen molar-refractivity contribution in [1.29, 1.82) is 0 Å². The van der Waals surface area contributed by atoms with E-state index >= 15 is 0 Å². The third-order valence-corrected chi connectivity index (χ3v) is 4.35. The van der Waals surface area contributed by atoms with Gasteiger partial charge in [0, 0.05) is 39.3 Å². The van der Waals surface area contributed by atoms with E-state index in [-0.39, 0.29) is 17.8 Å². The van der Waals surface area contributed by atoms with Gasteiger partial charge in [0.15, 0.2) is 0 Å². The molecule has 2 heterocycles. The predicted molar refractivity (Wildman–Crippen MR) is 79.4 cm³/mol. The second-order valence-electron chi connectivity index (χ2n) is 5.77. The summed E-state index contributed by atoms with van der Waals surface area (Å²) >= 11 is 0. The number of rotatable bonds is 3. The molecule has 3 rings (SSSR count). The van der Waals surface area contributed by atoms with E-state index in [0.717, 1.165) is 57.7 Å². The van der Waals surface area contributed by atoms with Crippen molar-refractivity contribution < 1.29 is 9.18 Å². The number of carbonyl (C=O) groups excluding carboxylic acids is 1. The van der Waals surface area contributed by atoms with Crippen LogP contribution >= 0.6 is 0 Å². The van der Waals surface area contributed by atoms with E-state index in [4.69, 9.17) is 0 Å². The molecule has 2 fully saturated rings. The van der Waals surface area contributed by atoms with Crippen LogP contribution in [-0.2, 0) is 4.79 Å². The normalized spacial score (nSPS) is 21.5. The molecule has 2 aliphatic heterocycles. The Morgan fingerprint density at radius 3 is 2.29 bits per heavy atom. The van der Waals surface area contributed by atoms with Crippen molar-refractivity contribution in [3.8, 4) is 0 Å². The highest BCUT2D eigenvalue weighted by molar-refractivity contribution is 5.83. The minimum Gasteiger partial charge on any atom is -0.341 e. The van der Waals surface area contributed by atoms with Gasteiger partial charge < -0.3 is 10.2 Å². The van der Waals surface area contributed by atoms with Gasteiger partial charge in [0.2, 0.25) is 5.91 Å². The van der Waals surface area contributed by atoms with Crippen LogP contribution in [0, 0.1) is 5.82 Å². The molecule has 2 saturated heterocycles. The number of hydrogen-bond donors (Lipinski definition) is 1. The van der Waals surface area contributed by atoms with Gasteiger partial charge in [0.05, 0.1) is 0 Å². The van der Waals surface area contributed by atoms with Crippen LogP contribution < -0.4 is 5.32 Å². The molecule has 0 aliphatic carbocycles. The van der Waals surface area contributed by atoms with Crippen LogP contribution in [0.3, 0.4) is 0 Å². The molecule has 1 amide bonds. The van der Waals surface area contributed by atoms with Gasteiger partial charge in [-0.2, -0.15) is 0 Å². The molecule has 1 unspecified atom stereocenters. The third kappa shape index (κ3) is 3.24. The van der Waals surface area contributed by atoms with Crippen LogP contribution in [0.15, 0.2) is 24.3 Å². The number of nitrogens with zero attached hydrogens (tertiary/aromatic N) is 2. The molecule has 21 heavy (non-hydrogen) atoms. The maximum atomic E-state index is 13.2. The summed E-state index contributed by atoms with van der Waals surface area (Å²) in [6, 6.07) is 6.11. The van der Waals surface area contributed by atoms with Gasteiger partial charge in [-0.15, -0.1) is 0 Å². The zero-order valence-corrected chi connectivity index (χ0v) is 12.2. The summed E-state index contributed by atoms with van der Waals surface area (Å²) in [4.78, 5) is 17.1. The molecule has 0 aromatic heterocycles. The number of piperazine rings is 1. The van der Waals surface area contributed by atoms with Crippen molar-refractivity contribution in [3.63, 3.8) is 0 Å². The van der Waals surface area contributed by atoms with Crippen LogP contribution in [-0.4, -0.2) is 55.0 Å². The fourth-order valence-corrected chi connectivity index (χ4v) is 3.21. The Morgan fingerprint density at radius 1 is 1.05 bits per heavy atom. The molecular formula is C16H22FN3O. The van der Waals surface area contributed by atoms with E-state index in [1.54, 1.807) is 12.1 Å². The van der Waals surface area contributed by atoms with Gasteiger partial charge in [-0.3, -0.25) is 9.69 Å². The zero-order chi connectivity index (χ0) is 14.7. The van der Waals surface area contributed by atoms with E-state index in [9.17, 15) is 9.18 Å². The molecule has 2 aliphatic rings. The minimum atomic E-state index is -0.272. The van der Waals surface area contributed by atoms with E-state index in [0.29, 0.717) is 0 Å². The molecule has 0 spiro atoms. The maximum absolute atomic E-state index is 13.2. The Kier molecular flexibility index (Phi) is 4.51. The number of likely N-dealkylation sites (tertiary alicyclic amines) is 1. The Hall–Kier alpha value is -1.46. The van der Waals surface area contributed by atoms with Crippen molar-refractivity contribution >= 4 is 5.91 Å². The van der Waals surface area contributed by atoms with E-state index in [1.165, 1.54) is 12.1 Å². The number of amides is 1. The lowest BCUT2D eigenvalue weighted by Gasteiger charge is -2.36. The Balaban J connectivity index is 1.85. The molecule has 0 bridgehead atoms. The first-order chi connectivity index (χ1) is 10.3. The second kappa shape index (κ2) is 6.54. The van der Waals surface area contributed by atoms with Crippen molar-refractivity contribution in [2.75, 3.05) is 39.3 Å². The molecular weight excluding hydrogens is 269 g/mol. The third-order valence-electron chi connectivity index (χ3n) is 4.35. The first-order valence-electron chi connectivity index (χ1n) is 7.75. The predicted octanol–water partition coefficient (Wildman–Crippen LogP) is 1.39. The Labute approximate surface area is 124 Å². The first-order valence-corrected chi connectivity index (χ1v) is 7.75. The van der Waals surface area contributed by atoms with Crippen LogP contribution in [0.4, 0.5) is 4.39 Å². The van der Waals surface area contributed by atoms with Crippen molar-refractivity contribution in [1.82, 2.24) is 15.1 Å². The lowest BCUT2D eigenvalue weighted by atomic mass is 10.0. The number of nitrogens with one attached hydrogen (secondary N) is 1. The standard InChI is InChI=1S/C16H22FN3O/c17-14-5-3-13(4-6-14)15(19-11-7-18-8-12-19)16(21)20-9-1-2-10-20/h3-6,15,18H,1-2,7-12H2. The van der Waals surface area contributed by atoms with Crippen molar-refractivity contribution in [2.45, 2.75) is 18.9 Å². The average Bonchev–Trinajstić information content (AvgIpc) is 3.05. The van der Waals surface area contributed by atoms with E-state index < -0.39 is 0 Å². The summed E-state index contributed by atoms with van der Waals surface area (Å²) in [5.74, 6) is -0.0903. The molecule has 1 atom stereocenters. The van der Waals surface area contributed by atoms with Gasteiger partial charge in [0.1, 0.15) is 11.9 Å². The lowest BCUT2D eigenvalue weighted by molar-refractivity contribution is -0.136. The van der Waals surface area contributed by atoms with Crippen LogP contribution in [0.5, 0.6) is 0 Å². The van der Waals surface area contributed by atoms with Crippen molar-refractivity contribution in [2.24, 2.45) is 0 Å². The molecule has 1 aromatic rings. The highest BCUT2D eigenvalue weighted by atomic mass is 19.1. The van der Waals surface area contributed by atoms with Gasteiger partial charge in [-0.1, -0.05) is 12.1 Å². The fourth-order valence-electron chi connectivity index (χ4n) is 3.21. The molecule has 1 aromatic carbocycles. The van der Waals surface area contributed by atoms with Crippen molar-refractivity contribution in [3.05, 3.63) is 35.6 Å². The monoisotopic (exact) mass is 291 g/mol. The molecule has 4 nitrogen and oxygen atoms in total. The van der Waals surface area contributed by atoms with E-state index in [1.807, 2.05) is 4.90 Å². The second-order valence-corrected chi connectivity index (χ2v) is 5.77. The Morgan fingerprint density at radius 2 is 1.67 bits per heavy atom. The smallest absolute Gasteiger partial charge is 0.244 e. The SMILES string of the molecule is O=C(C(c1ccc(F)cc1)N1CCNCC1)N1CCCC1. The van der Waals surface area contributed by atoms with Crippen LogP contribution in [0.1, 0.15) is 24.4 Å². The van der Waals surface area contributed by atoms with Gasteiger partial charge >= 0.3 is 0 Å². The molecule has 5 heteroatoms. The first kappa shape index (κ1) is 14.5. The number of hydrogen-bond acceptors (Lipinski definition) is 3. The fraction of sp³-hybridized carbons (Fsp3) is 0.562. The zero-order valence-electron chi connectivity index (χ0n) is 12.2. The molecule has 1 N–H and O–H groups in total. The lowest BCUT2D eigenvalue weighted by Crippen LogP contribution is -2.49. The van der Waals surface area contributed by atoms with Gasteiger partial charge in [-0.05, 0) is 30.5 Å². The summed E-state index contributed by atoms with van der Waals surface area (Å²) < 4.78 is 13.2. The summed E-state index contributed by atoms with van der Waals surface area (Å²) in [6.07, 6.45) is 2.17. The number of halogens is 1. The quantitative estimate of drug-likeness (QED) is 0.914. The van der Waals surface area contributed by atoms with Crippen LogP contribution in [0.2, 0.25) is 0 Å². The molecule has 0 saturated carbocycles. The van der Waals surface area contributed by atoms with Gasteiger partial charge in [0.25, 0.3) is 0 Å². The Bertz CT molecular complexity index is 479.